The van der Waals surface area contributed by atoms with Crippen molar-refractivity contribution in [3.63, 3.8) is 0 Å². The van der Waals surface area contributed by atoms with E-state index in [1.165, 1.54) is 0 Å². The third-order valence-corrected chi connectivity index (χ3v) is 2.30. The molecule has 0 amide bonds. The summed E-state index contributed by atoms with van der Waals surface area (Å²) in [6, 6.07) is 0. The molecule has 0 spiro atoms. The Kier molecular flexibility index (Phi) is 3.04. The Hall–Kier alpha value is -1.10. The standard InChI is InChI=1S/C7H11N3OS/c1-10(2)7-6(8-3-4-11)9-5-12-7/h4-5,8H,3H2,1-2H3. The number of carbonyl (C=O) groups is 1. The fraction of sp³-hybridized carbons (Fsp3) is 0.429. The van der Waals surface area contributed by atoms with Crippen LogP contribution in [0.2, 0.25) is 0 Å². The molecule has 1 rings (SSSR count). The van der Waals surface area contributed by atoms with Gasteiger partial charge in [0, 0.05) is 14.1 Å². The van der Waals surface area contributed by atoms with Crippen molar-refractivity contribution in [2.24, 2.45) is 0 Å². The fourth-order valence-corrected chi connectivity index (χ4v) is 1.52. The lowest BCUT2D eigenvalue weighted by Crippen LogP contribution is -2.11. The molecule has 1 aromatic heterocycles. The van der Waals surface area contributed by atoms with E-state index in [4.69, 9.17) is 0 Å². The third kappa shape index (κ3) is 1.94. The minimum Gasteiger partial charge on any atom is -0.367 e. The van der Waals surface area contributed by atoms with Gasteiger partial charge in [0.25, 0.3) is 0 Å². The van der Waals surface area contributed by atoms with E-state index in [1.54, 1.807) is 16.8 Å². The summed E-state index contributed by atoms with van der Waals surface area (Å²) in [5.41, 5.74) is 1.75. The molecular formula is C7H11N3OS. The molecule has 0 aliphatic heterocycles. The number of aromatic nitrogens is 1. The van der Waals surface area contributed by atoms with Gasteiger partial charge in [0.2, 0.25) is 0 Å². The fourth-order valence-electron chi connectivity index (χ4n) is 0.817. The number of aldehydes is 1. The molecule has 0 saturated carbocycles. The van der Waals surface area contributed by atoms with E-state index < -0.39 is 0 Å². The monoisotopic (exact) mass is 185 g/mol. The summed E-state index contributed by atoms with van der Waals surface area (Å²) in [6.45, 7) is 0.310. The van der Waals surface area contributed by atoms with Gasteiger partial charge < -0.3 is 15.0 Å². The summed E-state index contributed by atoms with van der Waals surface area (Å²) in [6.07, 6.45) is 0.818. The van der Waals surface area contributed by atoms with Gasteiger partial charge in [-0.2, -0.15) is 0 Å². The van der Waals surface area contributed by atoms with Crippen LogP contribution in [0.1, 0.15) is 0 Å². The molecule has 0 aliphatic carbocycles. The summed E-state index contributed by atoms with van der Waals surface area (Å²) in [4.78, 5) is 16.1. The van der Waals surface area contributed by atoms with Crippen LogP contribution < -0.4 is 10.2 Å². The van der Waals surface area contributed by atoms with E-state index >= 15 is 0 Å². The van der Waals surface area contributed by atoms with Crippen LogP contribution in [0, 0.1) is 0 Å². The average Bonchev–Trinajstić information content (AvgIpc) is 2.48. The zero-order valence-electron chi connectivity index (χ0n) is 7.07. The summed E-state index contributed by atoms with van der Waals surface area (Å²) < 4.78 is 0. The van der Waals surface area contributed by atoms with Crippen LogP contribution in [-0.4, -0.2) is 31.9 Å². The van der Waals surface area contributed by atoms with Crippen molar-refractivity contribution in [3.8, 4) is 0 Å². The zero-order chi connectivity index (χ0) is 8.97. The van der Waals surface area contributed by atoms with Gasteiger partial charge in [-0.25, -0.2) is 4.98 Å². The summed E-state index contributed by atoms with van der Waals surface area (Å²) >= 11 is 1.54. The number of carbonyl (C=O) groups excluding carboxylic acids is 1. The molecule has 0 aliphatic rings. The van der Waals surface area contributed by atoms with Crippen LogP contribution in [0.3, 0.4) is 0 Å². The largest absolute Gasteiger partial charge is 0.367 e. The lowest BCUT2D eigenvalue weighted by molar-refractivity contribution is -0.106. The molecule has 12 heavy (non-hydrogen) atoms. The second kappa shape index (κ2) is 4.06. The van der Waals surface area contributed by atoms with Gasteiger partial charge in [-0.1, -0.05) is 0 Å². The van der Waals surface area contributed by atoms with Crippen LogP contribution in [0.5, 0.6) is 0 Å². The SMILES string of the molecule is CN(C)c1scnc1NCC=O. The molecule has 1 heterocycles. The molecule has 0 aromatic carbocycles. The molecule has 5 heteroatoms. The summed E-state index contributed by atoms with van der Waals surface area (Å²) in [7, 11) is 3.89. The first-order valence-corrected chi connectivity index (χ1v) is 4.42. The van der Waals surface area contributed by atoms with Crippen LogP contribution in [-0.2, 0) is 4.79 Å². The molecule has 66 valence electrons. The zero-order valence-corrected chi connectivity index (χ0v) is 7.89. The first-order chi connectivity index (χ1) is 5.75. The second-order valence-corrected chi connectivity index (χ2v) is 3.28. The minimum absolute atomic E-state index is 0.310. The summed E-state index contributed by atoms with van der Waals surface area (Å²) in [5, 5.41) is 3.95. The molecule has 0 saturated heterocycles. The predicted molar refractivity (Wildman–Crippen MR) is 51.0 cm³/mol. The van der Waals surface area contributed by atoms with Crippen molar-refractivity contribution >= 4 is 28.4 Å². The number of nitrogens with zero attached hydrogens (tertiary/aromatic N) is 2. The van der Waals surface area contributed by atoms with Gasteiger partial charge in [-0.05, 0) is 0 Å². The summed E-state index contributed by atoms with van der Waals surface area (Å²) in [5.74, 6) is 0.775. The lowest BCUT2D eigenvalue weighted by atomic mass is 10.6. The van der Waals surface area contributed by atoms with E-state index in [9.17, 15) is 4.79 Å². The number of hydrogen-bond acceptors (Lipinski definition) is 5. The van der Waals surface area contributed by atoms with Crippen LogP contribution in [0.4, 0.5) is 10.8 Å². The molecule has 0 bridgehead atoms. The maximum atomic E-state index is 10.1. The molecule has 1 N–H and O–H groups in total. The Morgan fingerprint density at radius 2 is 2.50 bits per heavy atom. The van der Waals surface area contributed by atoms with Crippen molar-refractivity contribution in [1.82, 2.24) is 4.98 Å². The lowest BCUT2D eigenvalue weighted by Gasteiger charge is -2.10. The first kappa shape index (κ1) is 8.99. The van der Waals surface area contributed by atoms with Crippen LogP contribution >= 0.6 is 11.3 Å². The van der Waals surface area contributed by atoms with Gasteiger partial charge in [-0.15, -0.1) is 11.3 Å². The van der Waals surface area contributed by atoms with E-state index in [2.05, 4.69) is 10.3 Å². The number of nitrogens with one attached hydrogen (secondary N) is 1. The van der Waals surface area contributed by atoms with Crippen molar-refractivity contribution in [1.29, 1.82) is 0 Å². The Labute approximate surface area is 75.2 Å². The smallest absolute Gasteiger partial charge is 0.161 e. The van der Waals surface area contributed by atoms with Crippen LogP contribution in [0.15, 0.2) is 5.51 Å². The second-order valence-electron chi connectivity index (χ2n) is 2.45. The quantitative estimate of drug-likeness (QED) is 0.705. The van der Waals surface area contributed by atoms with E-state index in [1.807, 2.05) is 19.0 Å². The number of hydrogen-bond donors (Lipinski definition) is 1. The van der Waals surface area contributed by atoms with Crippen molar-refractivity contribution in [3.05, 3.63) is 5.51 Å². The maximum absolute atomic E-state index is 10.1. The normalized spacial score (nSPS) is 9.50. The Balaban J connectivity index is 2.70. The highest BCUT2D eigenvalue weighted by Gasteiger charge is 2.05. The Bertz CT molecular complexity index is 259. The van der Waals surface area contributed by atoms with E-state index in [0.717, 1.165) is 17.1 Å². The molecule has 0 fully saturated rings. The molecular weight excluding hydrogens is 174 g/mol. The van der Waals surface area contributed by atoms with E-state index in [-0.39, 0.29) is 0 Å². The third-order valence-electron chi connectivity index (χ3n) is 1.31. The Morgan fingerprint density at radius 3 is 3.08 bits per heavy atom. The molecule has 1 aromatic rings. The molecule has 0 radical (unpaired) electrons. The number of thiazole rings is 1. The highest BCUT2D eigenvalue weighted by atomic mass is 32.1. The Morgan fingerprint density at radius 1 is 1.75 bits per heavy atom. The highest BCUT2D eigenvalue weighted by molar-refractivity contribution is 7.14. The molecule has 4 nitrogen and oxygen atoms in total. The topological polar surface area (TPSA) is 45.2 Å². The molecule has 0 atom stereocenters. The van der Waals surface area contributed by atoms with Gasteiger partial charge in [-0.3, -0.25) is 0 Å². The van der Waals surface area contributed by atoms with Crippen molar-refractivity contribution in [2.75, 3.05) is 30.9 Å². The van der Waals surface area contributed by atoms with Gasteiger partial charge in [0.1, 0.15) is 11.3 Å². The number of anilines is 2. The minimum atomic E-state index is 0.310. The average molecular weight is 185 g/mol. The molecule has 0 unspecified atom stereocenters. The first-order valence-electron chi connectivity index (χ1n) is 3.54. The van der Waals surface area contributed by atoms with Gasteiger partial charge in [0.15, 0.2) is 5.82 Å². The predicted octanol–water partition coefficient (Wildman–Crippen LogP) is 0.820. The van der Waals surface area contributed by atoms with E-state index in [0.29, 0.717) is 6.54 Å². The maximum Gasteiger partial charge on any atom is 0.161 e. The van der Waals surface area contributed by atoms with Crippen LogP contribution in [0.25, 0.3) is 0 Å². The van der Waals surface area contributed by atoms with Gasteiger partial charge >= 0.3 is 0 Å². The highest BCUT2D eigenvalue weighted by Crippen LogP contribution is 2.27. The van der Waals surface area contributed by atoms with Crippen molar-refractivity contribution in [2.45, 2.75) is 0 Å². The van der Waals surface area contributed by atoms with Crippen molar-refractivity contribution < 1.29 is 4.79 Å². The number of rotatable bonds is 4. The van der Waals surface area contributed by atoms with Gasteiger partial charge in [0.05, 0.1) is 12.1 Å².